The Balaban J connectivity index is 1.00. The van der Waals surface area contributed by atoms with Crippen molar-refractivity contribution in [1.82, 2.24) is 9.13 Å². The largest absolute Gasteiger partial charge is 0.456 e. The number of aryl methyl sites for hydroxylation is 1. The number of nitrogens with zero attached hydrogens (tertiary/aromatic N) is 4. The number of hydrogen-bond acceptors (Lipinski definition) is 3. The van der Waals surface area contributed by atoms with Crippen molar-refractivity contribution in [2.24, 2.45) is 0 Å². The van der Waals surface area contributed by atoms with E-state index in [0.717, 1.165) is 44.4 Å². The van der Waals surface area contributed by atoms with E-state index in [0.29, 0.717) is 0 Å². The van der Waals surface area contributed by atoms with Gasteiger partial charge in [0.15, 0.2) is 0 Å². The first-order chi connectivity index (χ1) is 41.2. The number of rotatable bonds is 3. The van der Waals surface area contributed by atoms with Crippen LogP contribution in [0.2, 0.25) is 0 Å². The van der Waals surface area contributed by atoms with E-state index in [1.807, 2.05) is 0 Å². The minimum atomic E-state index is -0.150. The molecule has 6 heteroatoms. The maximum absolute atomic E-state index is 6.45. The number of hydrogen-bond donors (Lipinski definition) is 0. The van der Waals surface area contributed by atoms with Crippen molar-refractivity contribution >= 4 is 123 Å². The monoisotopic (exact) mass is 1130 g/mol. The minimum absolute atomic E-state index is 0.0123. The van der Waals surface area contributed by atoms with Gasteiger partial charge in [-0.05, 0) is 198 Å². The Hall–Kier alpha value is -8.74. The smallest absolute Gasteiger partial charge is 0.252 e. The van der Waals surface area contributed by atoms with Gasteiger partial charge in [-0.3, -0.25) is 0 Å². The van der Waals surface area contributed by atoms with Crippen LogP contribution in [0, 0.1) is 6.92 Å². The van der Waals surface area contributed by atoms with Crippen LogP contribution < -0.4 is 26.2 Å². The quantitative estimate of drug-likeness (QED) is 0.165. The molecule has 0 radical (unpaired) electrons. The second-order valence-corrected chi connectivity index (χ2v) is 30.8. The molecule has 0 saturated heterocycles. The first kappa shape index (κ1) is 53.7. The molecule has 5 nitrogen and oxygen atoms in total. The normalized spacial score (nSPS) is 14.1. The molecule has 0 aliphatic carbocycles. The first-order valence-electron chi connectivity index (χ1n) is 31.5. The maximum atomic E-state index is 6.45. The molecule has 0 amide bonds. The number of fused-ring (bicyclic) bond motifs is 15. The Morgan fingerprint density at radius 3 is 1.48 bits per heavy atom. The van der Waals surface area contributed by atoms with Gasteiger partial charge in [0.1, 0.15) is 11.2 Å². The molecule has 0 atom stereocenters. The molecule has 0 fully saturated rings. The lowest BCUT2D eigenvalue weighted by molar-refractivity contribution is 0.590. The van der Waals surface area contributed by atoms with Crippen LogP contribution in [-0.4, -0.2) is 15.8 Å². The summed E-state index contributed by atoms with van der Waals surface area (Å²) in [5.74, 6) is 0. The van der Waals surface area contributed by atoms with E-state index < -0.39 is 0 Å². The van der Waals surface area contributed by atoms with Crippen LogP contribution in [0.3, 0.4) is 0 Å². The van der Waals surface area contributed by atoms with Gasteiger partial charge in [0.2, 0.25) is 0 Å². The lowest BCUT2D eigenvalue weighted by atomic mass is 9.33. The van der Waals surface area contributed by atoms with Crippen molar-refractivity contribution in [2.75, 3.05) is 9.80 Å². The molecule has 3 aliphatic rings. The molecule has 3 aliphatic heterocycles. The summed E-state index contributed by atoms with van der Waals surface area (Å²) in [7, 11) is 0. The Morgan fingerprint density at radius 1 is 0.356 bits per heavy atom. The number of anilines is 6. The van der Waals surface area contributed by atoms with Crippen molar-refractivity contribution in [2.45, 2.75) is 138 Å². The summed E-state index contributed by atoms with van der Waals surface area (Å²) in [5, 5.41) is 7.47. The van der Waals surface area contributed by atoms with Gasteiger partial charge in [0, 0.05) is 60.8 Å². The lowest BCUT2D eigenvalue weighted by Crippen LogP contribution is -2.62. The standard InChI is InChI=1S/C81H77BN4O/c1-46-36-67-74-68(37-46)86-69-43-51(80(11,12)13)41-60-59-40-50(79(8,9)10)28-35-65(59)85(75(60)69)70-44-52(81(14,15)16)42-62(76(70)86)82(74)61-32-31-54(84-63-33-26-48(77(2,3)4)38-57(63)58-39-49(78(5,6)7)27-34-64(58)84)45-66(61)83(67)53-29-24-47(25-30-53)55-21-19-23-72-73(55)56-20-17-18-22-71(56)87-72/h17-45H,1-16H3. The molecule has 13 aromatic rings. The summed E-state index contributed by atoms with van der Waals surface area (Å²) >= 11 is 0. The molecule has 3 aromatic heterocycles. The maximum Gasteiger partial charge on any atom is 0.252 e. The second-order valence-electron chi connectivity index (χ2n) is 30.8. The summed E-state index contributed by atoms with van der Waals surface area (Å²) in [6.45, 7) is 37.5. The highest BCUT2D eigenvalue weighted by Gasteiger charge is 2.47. The highest BCUT2D eigenvalue weighted by molar-refractivity contribution is 7.00. The van der Waals surface area contributed by atoms with E-state index >= 15 is 0 Å². The average Bonchev–Trinajstić information content (AvgIpc) is 1.68. The number of benzene rings is 10. The van der Waals surface area contributed by atoms with E-state index in [9.17, 15) is 0 Å². The van der Waals surface area contributed by atoms with Gasteiger partial charge < -0.3 is 23.4 Å². The molecule has 430 valence electrons. The van der Waals surface area contributed by atoms with Crippen LogP contribution in [0.1, 0.15) is 137 Å². The van der Waals surface area contributed by atoms with Crippen LogP contribution in [-0.2, 0) is 27.1 Å². The molecule has 87 heavy (non-hydrogen) atoms. The van der Waals surface area contributed by atoms with Gasteiger partial charge in [-0.15, -0.1) is 0 Å². The highest BCUT2D eigenvalue weighted by atomic mass is 16.3. The molecule has 16 rings (SSSR count). The third-order valence-corrected chi connectivity index (χ3v) is 19.8. The minimum Gasteiger partial charge on any atom is -0.456 e. The molecule has 10 aromatic carbocycles. The van der Waals surface area contributed by atoms with E-state index in [-0.39, 0.29) is 33.8 Å². The zero-order valence-corrected chi connectivity index (χ0v) is 53.5. The van der Waals surface area contributed by atoms with Crippen molar-refractivity contribution in [3.05, 3.63) is 209 Å². The third-order valence-electron chi connectivity index (χ3n) is 19.8. The zero-order chi connectivity index (χ0) is 60.5. The fourth-order valence-corrected chi connectivity index (χ4v) is 15.0. The van der Waals surface area contributed by atoms with Crippen molar-refractivity contribution in [3.63, 3.8) is 0 Å². The van der Waals surface area contributed by atoms with Crippen molar-refractivity contribution in [3.8, 4) is 22.5 Å². The highest BCUT2D eigenvalue weighted by Crippen LogP contribution is 2.55. The lowest BCUT2D eigenvalue weighted by Gasteiger charge is -2.47. The molecule has 0 spiro atoms. The van der Waals surface area contributed by atoms with Gasteiger partial charge in [-0.25, -0.2) is 0 Å². The molecule has 0 unspecified atom stereocenters. The Kier molecular flexibility index (Phi) is 10.9. The number of aromatic nitrogens is 2. The predicted molar refractivity (Wildman–Crippen MR) is 374 cm³/mol. The topological polar surface area (TPSA) is 29.5 Å². The van der Waals surface area contributed by atoms with Crippen LogP contribution in [0.4, 0.5) is 34.1 Å². The molecule has 0 saturated carbocycles. The summed E-state index contributed by atoms with van der Waals surface area (Å²) in [4.78, 5) is 5.31. The molecule has 6 heterocycles. The SMILES string of the molecule is Cc1cc2c3c(c1)N1c4c(cc(C(C)(C)C)cc4-n4c5ccc(C(C)(C)C)cc5c5cc(C(C)(C)C)cc1c54)B3c1ccc(-n3c4ccc(C(C)(C)C)cc4c4cc(C(C)(C)C)ccc43)cc1N2c1ccc(-c2cccc3oc4ccccc4c23)cc1. The van der Waals surface area contributed by atoms with Crippen molar-refractivity contribution in [1.29, 1.82) is 0 Å². The van der Waals surface area contributed by atoms with Gasteiger partial charge >= 0.3 is 0 Å². The number of furan rings is 1. The Bertz CT molecular complexity index is 5070. The summed E-state index contributed by atoms with van der Waals surface area (Å²) in [5.41, 5.74) is 30.3. The number of para-hydroxylation sites is 1. The molecule has 0 N–H and O–H groups in total. The van der Waals surface area contributed by atoms with Crippen molar-refractivity contribution < 1.29 is 4.42 Å². The van der Waals surface area contributed by atoms with Crippen LogP contribution in [0.25, 0.3) is 88.1 Å². The van der Waals surface area contributed by atoms with E-state index in [1.165, 1.54) is 128 Å². The van der Waals surface area contributed by atoms with Gasteiger partial charge in [0.05, 0.1) is 39.1 Å². The molecular weight excluding hydrogens is 1060 g/mol. The fourth-order valence-electron chi connectivity index (χ4n) is 15.0. The van der Waals surface area contributed by atoms with Gasteiger partial charge in [0.25, 0.3) is 6.71 Å². The van der Waals surface area contributed by atoms with Crippen LogP contribution in [0.5, 0.6) is 0 Å². The Morgan fingerprint density at radius 2 is 0.874 bits per heavy atom. The average molecular weight is 1130 g/mol. The zero-order valence-electron chi connectivity index (χ0n) is 53.5. The predicted octanol–water partition coefficient (Wildman–Crippen LogP) is 20.6. The van der Waals surface area contributed by atoms with Gasteiger partial charge in [-0.2, -0.15) is 0 Å². The summed E-state index contributed by atoms with van der Waals surface area (Å²) in [6, 6.07) is 68.6. The third kappa shape index (κ3) is 7.84. The van der Waals surface area contributed by atoms with Gasteiger partial charge in [-0.1, -0.05) is 177 Å². The Labute approximate surface area is 512 Å². The molecular formula is C81H77BN4O. The van der Waals surface area contributed by atoms with Crippen LogP contribution in [0.15, 0.2) is 180 Å². The first-order valence-corrected chi connectivity index (χ1v) is 31.5. The summed E-state index contributed by atoms with van der Waals surface area (Å²) in [6.07, 6.45) is 0. The van der Waals surface area contributed by atoms with E-state index in [4.69, 9.17) is 4.42 Å². The van der Waals surface area contributed by atoms with E-state index in [2.05, 4.69) is 306 Å². The molecule has 0 bridgehead atoms. The van der Waals surface area contributed by atoms with E-state index in [1.54, 1.807) is 0 Å². The van der Waals surface area contributed by atoms with Crippen LogP contribution >= 0.6 is 0 Å². The fraction of sp³-hybridized carbons (Fsp3) is 0.259. The summed E-state index contributed by atoms with van der Waals surface area (Å²) < 4.78 is 11.6. The second kappa shape index (κ2) is 17.7.